The number of hydrogen-bond acceptors (Lipinski definition) is 4. The zero-order valence-corrected chi connectivity index (χ0v) is 23.0. The molecular weight excluding hydrogens is 524 g/mol. The van der Waals surface area contributed by atoms with Crippen molar-refractivity contribution in [2.45, 2.75) is 25.3 Å². The highest BCUT2D eigenvalue weighted by molar-refractivity contribution is 5.94. The van der Waals surface area contributed by atoms with Crippen molar-refractivity contribution in [2.75, 3.05) is 5.32 Å². The molecule has 0 aliphatic rings. The summed E-state index contributed by atoms with van der Waals surface area (Å²) in [5.41, 5.74) is 4.92. The topological polar surface area (TPSA) is 92.4 Å². The first-order valence-corrected chi connectivity index (χ1v) is 13.8. The molecule has 1 atom stereocenters. The number of anilines is 1. The average Bonchev–Trinajstić information content (AvgIpc) is 3.04. The molecule has 0 aliphatic heterocycles. The van der Waals surface area contributed by atoms with Crippen LogP contribution in [0.3, 0.4) is 0 Å². The van der Waals surface area contributed by atoms with Crippen molar-refractivity contribution in [3.8, 4) is 0 Å². The number of carbonyl (C=O) groups is 2. The summed E-state index contributed by atoms with van der Waals surface area (Å²) in [7, 11) is 0. The van der Waals surface area contributed by atoms with Crippen LogP contribution in [-0.4, -0.2) is 23.2 Å². The second-order valence-corrected chi connectivity index (χ2v) is 9.73. The monoisotopic (exact) mass is 556 g/mol. The van der Waals surface area contributed by atoms with Crippen molar-refractivity contribution >= 4 is 17.6 Å². The van der Waals surface area contributed by atoms with Gasteiger partial charge < -0.3 is 20.7 Å². The summed E-state index contributed by atoms with van der Waals surface area (Å²) in [6.07, 6.45) is 2.59. The third-order valence-corrected chi connectivity index (χ3v) is 6.64. The number of nitrogens with one attached hydrogen (secondary N) is 3. The molecule has 1 heterocycles. The Balaban J connectivity index is 1.36. The number of rotatable bonds is 11. The molecule has 42 heavy (non-hydrogen) atoms. The largest absolute Gasteiger partial charge is 0.348 e. The van der Waals surface area contributed by atoms with Crippen LogP contribution in [0.25, 0.3) is 0 Å². The number of benzene rings is 4. The summed E-state index contributed by atoms with van der Waals surface area (Å²) >= 11 is 0. The fourth-order valence-electron chi connectivity index (χ4n) is 4.58. The fourth-order valence-corrected chi connectivity index (χ4v) is 4.58. The predicted octanol–water partition coefficient (Wildman–Crippen LogP) is 6.51. The number of carbonyl (C=O) groups excluding carboxylic acids is 2. The molecule has 0 spiro atoms. The summed E-state index contributed by atoms with van der Waals surface area (Å²) in [5, 5.41) is 8.83. The van der Waals surface area contributed by atoms with Crippen LogP contribution < -0.4 is 16.0 Å². The molecular formula is C35H32N4O3. The Morgan fingerprint density at radius 2 is 1.31 bits per heavy atom. The minimum atomic E-state index is -0.714. The predicted molar refractivity (Wildman–Crippen MR) is 164 cm³/mol. The number of amides is 3. The van der Waals surface area contributed by atoms with Crippen molar-refractivity contribution in [3.05, 3.63) is 168 Å². The summed E-state index contributed by atoms with van der Waals surface area (Å²) < 4.78 is 6.66. The van der Waals surface area contributed by atoms with E-state index in [0.717, 1.165) is 22.3 Å². The van der Waals surface area contributed by atoms with Crippen molar-refractivity contribution in [1.29, 1.82) is 0 Å². The van der Waals surface area contributed by atoms with Crippen LogP contribution >= 0.6 is 0 Å². The van der Waals surface area contributed by atoms with Crippen LogP contribution in [0.15, 0.2) is 140 Å². The van der Waals surface area contributed by atoms with Crippen LogP contribution in [0, 0.1) is 0 Å². The third-order valence-electron chi connectivity index (χ3n) is 6.64. The second-order valence-electron chi connectivity index (χ2n) is 9.73. The molecule has 7 nitrogen and oxygen atoms in total. The first-order chi connectivity index (χ1) is 20.6. The van der Waals surface area contributed by atoms with Gasteiger partial charge in [-0.25, -0.2) is 4.79 Å². The van der Waals surface area contributed by atoms with Crippen LogP contribution in [0.2, 0.25) is 0 Å². The Labute approximate surface area is 245 Å². The molecule has 0 saturated carbocycles. The normalized spacial score (nSPS) is 11.5. The van der Waals surface area contributed by atoms with Gasteiger partial charge in [0.2, 0.25) is 0 Å². The van der Waals surface area contributed by atoms with E-state index < -0.39 is 18.4 Å². The molecule has 5 aromatic rings. The average molecular weight is 557 g/mol. The summed E-state index contributed by atoms with van der Waals surface area (Å²) in [5.74, 6) is -0.188. The van der Waals surface area contributed by atoms with Crippen LogP contribution in [0.5, 0.6) is 0 Å². The maximum Gasteiger partial charge on any atom is 0.321 e. The van der Waals surface area contributed by atoms with Crippen molar-refractivity contribution in [1.82, 2.24) is 15.6 Å². The van der Waals surface area contributed by atoms with E-state index in [9.17, 15) is 9.59 Å². The number of para-hydroxylation sites is 1. The van der Waals surface area contributed by atoms with Crippen molar-refractivity contribution in [3.63, 3.8) is 0 Å². The Kier molecular flexibility index (Phi) is 9.68. The highest BCUT2D eigenvalue weighted by atomic mass is 16.5. The van der Waals surface area contributed by atoms with Crippen molar-refractivity contribution < 1.29 is 14.3 Å². The van der Waals surface area contributed by atoms with E-state index in [1.54, 1.807) is 18.5 Å². The van der Waals surface area contributed by atoms with Crippen LogP contribution in [0.1, 0.15) is 38.7 Å². The lowest BCUT2D eigenvalue weighted by atomic mass is 10.0. The van der Waals surface area contributed by atoms with Gasteiger partial charge in [0.1, 0.15) is 12.3 Å². The van der Waals surface area contributed by atoms with Gasteiger partial charge >= 0.3 is 6.03 Å². The molecule has 7 heteroatoms. The number of ether oxygens (including phenoxy) is 1. The maximum atomic E-state index is 13.1. The zero-order chi connectivity index (χ0) is 29.0. The van der Waals surface area contributed by atoms with E-state index in [4.69, 9.17) is 4.74 Å². The van der Waals surface area contributed by atoms with Gasteiger partial charge in [0.15, 0.2) is 0 Å². The summed E-state index contributed by atoms with van der Waals surface area (Å²) in [6, 6.07) is 39.7. The van der Waals surface area contributed by atoms with Gasteiger partial charge in [-0.1, -0.05) is 91.0 Å². The molecule has 210 valence electrons. The number of nitrogens with zero attached hydrogens (tertiary/aromatic N) is 1. The van der Waals surface area contributed by atoms with Gasteiger partial charge in [-0.2, -0.15) is 0 Å². The number of hydrogen-bond donors (Lipinski definition) is 3. The summed E-state index contributed by atoms with van der Waals surface area (Å²) in [6.45, 7) is 0.397. The smallest absolute Gasteiger partial charge is 0.321 e. The van der Waals surface area contributed by atoms with E-state index in [-0.39, 0.29) is 5.91 Å². The lowest BCUT2D eigenvalue weighted by Crippen LogP contribution is -2.42. The first-order valence-electron chi connectivity index (χ1n) is 13.8. The molecule has 5 rings (SSSR count). The minimum Gasteiger partial charge on any atom is -0.348 e. The number of aromatic nitrogens is 1. The Hall–Kier alpha value is -5.27. The molecule has 0 fully saturated rings. The van der Waals surface area contributed by atoms with Gasteiger partial charge in [-0.15, -0.1) is 0 Å². The minimum absolute atomic E-state index is 0.188. The SMILES string of the molecule is O=C(Nc1ccccc1)NC(Cc1cccc(C(=O)NCc2ccncc2)c1)OC(c1ccccc1)c1ccccc1. The highest BCUT2D eigenvalue weighted by Crippen LogP contribution is 2.28. The Morgan fingerprint density at radius 1 is 0.690 bits per heavy atom. The molecule has 0 radical (unpaired) electrons. The Bertz CT molecular complexity index is 1530. The number of urea groups is 1. The molecule has 3 amide bonds. The van der Waals surface area contributed by atoms with Gasteiger partial charge in [-0.05, 0) is 58.7 Å². The van der Waals surface area contributed by atoms with Crippen LogP contribution in [-0.2, 0) is 17.7 Å². The molecule has 1 unspecified atom stereocenters. The molecule has 0 aliphatic carbocycles. The first kappa shape index (κ1) is 28.3. The molecule has 4 aromatic carbocycles. The van der Waals surface area contributed by atoms with Gasteiger partial charge in [-0.3, -0.25) is 9.78 Å². The molecule has 1 aromatic heterocycles. The third kappa shape index (κ3) is 8.13. The van der Waals surface area contributed by atoms with E-state index in [2.05, 4.69) is 20.9 Å². The van der Waals surface area contributed by atoms with Gasteiger partial charge in [0.05, 0.1) is 0 Å². The molecule has 3 N–H and O–H groups in total. The standard InChI is InChI=1S/C35H32N4O3/c40-34(37-25-26-19-21-36-22-20-26)30-16-10-11-27(23-30)24-32(39-35(41)38-31-17-8-3-9-18-31)42-33(28-12-4-1-5-13-28)29-14-6-2-7-15-29/h1-23,32-33H,24-25H2,(H,37,40)(H2,38,39,41). The second kappa shape index (κ2) is 14.4. The lowest BCUT2D eigenvalue weighted by Gasteiger charge is -2.27. The number of pyridine rings is 1. The van der Waals surface area contributed by atoms with Gasteiger partial charge in [0, 0.05) is 36.6 Å². The van der Waals surface area contributed by atoms with E-state index in [1.807, 2.05) is 121 Å². The zero-order valence-electron chi connectivity index (χ0n) is 23.0. The van der Waals surface area contributed by atoms with Crippen molar-refractivity contribution in [2.24, 2.45) is 0 Å². The maximum absolute atomic E-state index is 13.1. The fraction of sp³-hybridized carbons (Fsp3) is 0.114. The Morgan fingerprint density at radius 3 is 1.95 bits per heavy atom. The van der Waals surface area contributed by atoms with E-state index in [0.29, 0.717) is 24.2 Å². The quantitative estimate of drug-likeness (QED) is 0.162. The highest BCUT2D eigenvalue weighted by Gasteiger charge is 2.23. The van der Waals surface area contributed by atoms with Gasteiger partial charge in [0.25, 0.3) is 5.91 Å². The molecule has 0 saturated heterocycles. The van der Waals surface area contributed by atoms with E-state index in [1.165, 1.54) is 0 Å². The molecule has 0 bridgehead atoms. The van der Waals surface area contributed by atoms with E-state index >= 15 is 0 Å². The summed E-state index contributed by atoms with van der Waals surface area (Å²) in [4.78, 5) is 30.1. The van der Waals surface area contributed by atoms with Crippen LogP contribution in [0.4, 0.5) is 10.5 Å². The lowest BCUT2D eigenvalue weighted by molar-refractivity contribution is -0.00348.